The second kappa shape index (κ2) is 9.78. The van der Waals surface area contributed by atoms with Gasteiger partial charge in [-0.05, 0) is 37.5 Å². The van der Waals surface area contributed by atoms with Crippen LogP contribution in [0.5, 0.6) is 0 Å². The highest BCUT2D eigenvalue weighted by Crippen LogP contribution is 2.16. The number of rotatable bonds is 8. The molecule has 4 nitrogen and oxygen atoms in total. The molecule has 4 heteroatoms. The fourth-order valence-electron chi connectivity index (χ4n) is 2.71. The van der Waals surface area contributed by atoms with E-state index in [1.165, 1.54) is 0 Å². The normalized spacial score (nSPS) is 14.1. The van der Waals surface area contributed by atoms with Crippen molar-refractivity contribution in [2.45, 2.75) is 45.6 Å². The fraction of sp³-hybridized carbons (Fsp3) is 0.318. The molecule has 1 N–H and O–H groups in total. The molecule has 0 saturated heterocycles. The minimum Gasteiger partial charge on any atom is -0.443 e. The molecule has 138 valence electrons. The summed E-state index contributed by atoms with van der Waals surface area (Å²) in [5.41, 5.74) is 2.90. The lowest BCUT2D eigenvalue weighted by atomic mass is 10.1. The quantitative estimate of drug-likeness (QED) is 0.678. The molecule has 1 amide bonds. The standard InChI is InChI=1S/C22H27NO3/c1-16(2)21(25-15-19-11-7-5-8-12-19)18(4)26-22(24)23-17(3)20-13-9-6-10-14-20/h5-14,17-18,21H,1,15H2,2-4H3,(H,23,24)/t17-,18-,21+/m0/s1. The van der Waals surface area contributed by atoms with E-state index in [0.29, 0.717) is 6.61 Å². The highest BCUT2D eigenvalue weighted by molar-refractivity contribution is 5.68. The molecule has 0 saturated carbocycles. The lowest BCUT2D eigenvalue weighted by Crippen LogP contribution is -2.36. The molecule has 0 fully saturated rings. The molecule has 3 atom stereocenters. The van der Waals surface area contributed by atoms with Gasteiger partial charge in [0, 0.05) is 0 Å². The number of carbonyl (C=O) groups is 1. The third-order valence-electron chi connectivity index (χ3n) is 4.11. The number of amides is 1. The smallest absolute Gasteiger partial charge is 0.407 e. The first kappa shape index (κ1) is 19.7. The van der Waals surface area contributed by atoms with Crippen molar-refractivity contribution in [2.24, 2.45) is 0 Å². The Labute approximate surface area is 155 Å². The number of ether oxygens (including phenoxy) is 2. The van der Waals surface area contributed by atoms with Crippen LogP contribution in [0.4, 0.5) is 4.79 Å². The minimum absolute atomic E-state index is 0.135. The summed E-state index contributed by atoms with van der Waals surface area (Å²) >= 11 is 0. The molecule has 26 heavy (non-hydrogen) atoms. The van der Waals surface area contributed by atoms with E-state index >= 15 is 0 Å². The number of alkyl carbamates (subject to hydrolysis) is 1. The van der Waals surface area contributed by atoms with Gasteiger partial charge in [-0.3, -0.25) is 0 Å². The topological polar surface area (TPSA) is 47.6 Å². The Balaban J connectivity index is 1.88. The van der Waals surface area contributed by atoms with Crippen molar-refractivity contribution < 1.29 is 14.3 Å². The van der Waals surface area contributed by atoms with Gasteiger partial charge in [-0.2, -0.15) is 0 Å². The first-order chi connectivity index (χ1) is 12.5. The molecule has 0 radical (unpaired) electrons. The second-order valence-electron chi connectivity index (χ2n) is 6.45. The number of hydrogen-bond donors (Lipinski definition) is 1. The summed E-state index contributed by atoms with van der Waals surface area (Å²) in [6, 6.07) is 19.5. The number of carbonyl (C=O) groups excluding carboxylic acids is 1. The zero-order valence-electron chi connectivity index (χ0n) is 15.6. The van der Waals surface area contributed by atoms with E-state index in [1.807, 2.05) is 81.4 Å². The van der Waals surface area contributed by atoms with E-state index in [0.717, 1.165) is 16.7 Å². The molecule has 0 aliphatic carbocycles. The van der Waals surface area contributed by atoms with Gasteiger partial charge in [0.05, 0.1) is 12.6 Å². The maximum atomic E-state index is 12.2. The SMILES string of the molecule is C=C(C)[C@@H](OCc1ccccc1)[C@H](C)OC(=O)N[C@@H](C)c1ccccc1. The monoisotopic (exact) mass is 353 g/mol. The van der Waals surface area contributed by atoms with Crippen LogP contribution in [-0.2, 0) is 16.1 Å². The van der Waals surface area contributed by atoms with Crippen LogP contribution in [-0.4, -0.2) is 18.3 Å². The first-order valence-corrected chi connectivity index (χ1v) is 8.80. The summed E-state index contributed by atoms with van der Waals surface area (Å²) in [5.74, 6) is 0. The summed E-state index contributed by atoms with van der Waals surface area (Å²) in [4.78, 5) is 12.2. The maximum absolute atomic E-state index is 12.2. The van der Waals surface area contributed by atoms with E-state index in [-0.39, 0.29) is 12.1 Å². The van der Waals surface area contributed by atoms with E-state index in [4.69, 9.17) is 9.47 Å². The third-order valence-corrected chi connectivity index (χ3v) is 4.11. The Morgan fingerprint density at radius 1 is 1.04 bits per heavy atom. The van der Waals surface area contributed by atoms with E-state index in [2.05, 4.69) is 11.9 Å². The summed E-state index contributed by atoms with van der Waals surface area (Å²) in [5, 5.41) is 2.85. The van der Waals surface area contributed by atoms with Gasteiger partial charge >= 0.3 is 6.09 Å². The minimum atomic E-state index is -0.469. The van der Waals surface area contributed by atoms with Crippen LogP contribution in [0.3, 0.4) is 0 Å². The van der Waals surface area contributed by atoms with Gasteiger partial charge in [-0.25, -0.2) is 4.79 Å². The lowest BCUT2D eigenvalue weighted by Gasteiger charge is -2.25. The van der Waals surface area contributed by atoms with Crippen molar-refractivity contribution in [1.82, 2.24) is 5.32 Å². The van der Waals surface area contributed by atoms with Crippen LogP contribution in [0.1, 0.15) is 37.9 Å². The second-order valence-corrected chi connectivity index (χ2v) is 6.45. The zero-order chi connectivity index (χ0) is 18.9. The van der Waals surface area contributed by atoms with Crippen molar-refractivity contribution in [3.8, 4) is 0 Å². The molecule has 0 heterocycles. The number of hydrogen-bond acceptors (Lipinski definition) is 3. The maximum Gasteiger partial charge on any atom is 0.407 e. The predicted molar refractivity (Wildman–Crippen MR) is 104 cm³/mol. The van der Waals surface area contributed by atoms with E-state index in [9.17, 15) is 4.79 Å². The Kier molecular flexibility index (Phi) is 7.42. The predicted octanol–water partition coefficient (Wildman–Crippen LogP) is 5.02. The molecule has 2 aromatic rings. The molecule has 0 aliphatic heterocycles. The number of benzene rings is 2. The van der Waals surface area contributed by atoms with Gasteiger partial charge in [0.1, 0.15) is 12.2 Å². The highest BCUT2D eigenvalue weighted by Gasteiger charge is 2.23. The molecule has 2 rings (SSSR count). The van der Waals surface area contributed by atoms with Crippen LogP contribution in [0, 0.1) is 0 Å². The van der Waals surface area contributed by atoms with Gasteiger partial charge in [-0.15, -0.1) is 0 Å². The Hall–Kier alpha value is -2.59. The van der Waals surface area contributed by atoms with Gasteiger partial charge in [-0.1, -0.05) is 67.2 Å². The van der Waals surface area contributed by atoms with Crippen molar-refractivity contribution >= 4 is 6.09 Å². The van der Waals surface area contributed by atoms with Crippen LogP contribution in [0.2, 0.25) is 0 Å². The Morgan fingerprint density at radius 2 is 1.62 bits per heavy atom. The zero-order valence-corrected chi connectivity index (χ0v) is 15.6. The van der Waals surface area contributed by atoms with Gasteiger partial charge < -0.3 is 14.8 Å². The molecule has 0 bridgehead atoms. The largest absolute Gasteiger partial charge is 0.443 e. The number of nitrogens with one attached hydrogen (secondary N) is 1. The average molecular weight is 353 g/mol. The first-order valence-electron chi connectivity index (χ1n) is 8.80. The van der Waals surface area contributed by atoms with Gasteiger partial charge in [0.25, 0.3) is 0 Å². The highest BCUT2D eigenvalue weighted by atomic mass is 16.6. The molecule has 0 spiro atoms. The average Bonchev–Trinajstić information content (AvgIpc) is 2.63. The molecule has 0 aromatic heterocycles. The van der Waals surface area contributed by atoms with Crippen LogP contribution >= 0.6 is 0 Å². The van der Waals surface area contributed by atoms with E-state index in [1.54, 1.807) is 0 Å². The summed E-state index contributed by atoms with van der Waals surface area (Å²) in [7, 11) is 0. The Morgan fingerprint density at radius 3 is 2.19 bits per heavy atom. The van der Waals surface area contributed by atoms with Gasteiger partial charge in [0.2, 0.25) is 0 Å². The molecular formula is C22H27NO3. The summed E-state index contributed by atoms with van der Waals surface area (Å²) in [6.45, 7) is 10.0. The Bertz CT molecular complexity index is 700. The fourth-order valence-corrected chi connectivity index (χ4v) is 2.71. The van der Waals surface area contributed by atoms with Crippen molar-refractivity contribution in [2.75, 3.05) is 0 Å². The summed E-state index contributed by atoms with van der Waals surface area (Å²) < 4.78 is 11.5. The molecule has 0 unspecified atom stereocenters. The van der Waals surface area contributed by atoms with Gasteiger partial charge in [0.15, 0.2) is 0 Å². The van der Waals surface area contributed by atoms with Crippen LogP contribution in [0.15, 0.2) is 72.8 Å². The molecule has 0 aliphatic rings. The van der Waals surface area contributed by atoms with Crippen molar-refractivity contribution in [1.29, 1.82) is 0 Å². The molecular weight excluding hydrogens is 326 g/mol. The van der Waals surface area contributed by atoms with Crippen LogP contribution < -0.4 is 5.32 Å². The summed E-state index contributed by atoms with van der Waals surface area (Å²) in [6.07, 6.45) is -1.28. The molecule has 2 aromatic carbocycles. The van der Waals surface area contributed by atoms with Crippen LogP contribution in [0.25, 0.3) is 0 Å². The third kappa shape index (κ3) is 6.05. The lowest BCUT2D eigenvalue weighted by molar-refractivity contribution is -0.0252. The van der Waals surface area contributed by atoms with Crippen molar-refractivity contribution in [3.05, 3.63) is 83.9 Å². The van der Waals surface area contributed by atoms with E-state index < -0.39 is 12.2 Å². The van der Waals surface area contributed by atoms with Crippen molar-refractivity contribution in [3.63, 3.8) is 0 Å².